The summed E-state index contributed by atoms with van der Waals surface area (Å²) in [5.41, 5.74) is 1.10. The fourth-order valence-corrected chi connectivity index (χ4v) is 1.79. The van der Waals surface area contributed by atoms with Crippen LogP contribution in [-0.4, -0.2) is 15.6 Å². The molecule has 3 nitrogen and oxygen atoms in total. The molecule has 2 rings (SSSR count). The highest BCUT2D eigenvalue weighted by atomic mass is 79.9. The summed E-state index contributed by atoms with van der Waals surface area (Å²) >= 11 is 3.39. The molecule has 0 spiro atoms. The Hall–Kier alpha value is -1.55. The molecule has 0 bridgehead atoms. The van der Waals surface area contributed by atoms with E-state index < -0.39 is 5.97 Å². The van der Waals surface area contributed by atoms with Crippen LogP contribution in [0.1, 0.15) is 10.4 Å². The molecule has 0 fully saturated rings. The molecule has 15 heavy (non-hydrogen) atoms. The van der Waals surface area contributed by atoms with Crippen molar-refractivity contribution in [2.75, 3.05) is 0 Å². The first-order valence-electron chi connectivity index (χ1n) is 4.34. The van der Waals surface area contributed by atoms with Crippen LogP contribution in [0.2, 0.25) is 0 Å². The van der Waals surface area contributed by atoms with E-state index in [0.717, 1.165) is 10.2 Å². The van der Waals surface area contributed by atoms with Gasteiger partial charge in [-0.25, -0.2) is 4.79 Å². The highest BCUT2D eigenvalue weighted by molar-refractivity contribution is 9.10. The predicted octanol–water partition coefficient (Wildman–Crippen LogP) is 2.94. The largest absolute Gasteiger partial charge is 0.478 e. The molecule has 76 valence electrons. The fourth-order valence-electron chi connectivity index (χ4n) is 1.34. The van der Waals surface area contributed by atoms with E-state index in [-0.39, 0.29) is 5.56 Å². The van der Waals surface area contributed by atoms with E-state index in [9.17, 15) is 4.79 Å². The van der Waals surface area contributed by atoms with Crippen LogP contribution in [0, 0.1) is 0 Å². The molecule has 0 amide bonds. The topological polar surface area (TPSA) is 42.2 Å². The number of halogens is 1. The van der Waals surface area contributed by atoms with E-state index in [1.165, 1.54) is 0 Å². The van der Waals surface area contributed by atoms with Crippen molar-refractivity contribution in [3.8, 4) is 5.69 Å². The van der Waals surface area contributed by atoms with Crippen molar-refractivity contribution in [3.05, 3.63) is 52.8 Å². The van der Waals surface area contributed by atoms with Crippen molar-refractivity contribution in [2.45, 2.75) is 0 Å². The van der Waals surface area contributed by atoms with Gasteiger partial charge in [-0.2, -0.15) is 0 Å². The first-order valence-corrected chi connectivity index (χ1v) is 5.14. The maximum atomic E-state index is 10.8. The summed E-state index contributed by atoms with van der Waals surface area (Å²) in [6.45, 7) is 0. The lowest BCUT2D eigenvalue weighted by atomic mass is 10.2. The molecule has 1 aromatic carbocycles. The number of carboxylic acids is 1. The predicted molar refractivity (Wildman–Crippen MR) is 60.4 cm³/mol. The van der Waals surface area contributed by atoms with Crippen LogP contribution >= 0.6 is 15.9 Å². The first kappa shape index (κ1) is 9.98. The van der Waals surface area contributed by atoms with Crippen LogP contribution in [0.4, 0.5) is 0 Å². The van der Waals surface area contributed by atoms with Gasteiger partial charge >= 0.3 is 5.97 Å². The van der Waals surface area contributed by atoms with Crippen molar-refractivity contribution in [3.63, 3.8) is 0 Å². The van der Waals surface area contributed by atoms with Crippen LogP contribution < -0.4 is 0 Å². The monoisotopic (exact) mass is 265 g/mol. The average Bonchev–Trinajstić information content (AvgIpc) is 2.71. The number of hydrogen-bond donors (Lipinski definition) is 1. The lowest BCUT2D eigenvalue weighted by molar-refractivity contribution is 0.0697. The van der Waals surface area contributed by atoms with Gasteiger partial charge in [0.05, 0.1) is 11.3 Å². The third kappa shape index (κ3) is 1.94. The molecule has 0 aliphatic carbocycles. The minimum absolute atomic E-state index is 0.280. The zero-order valence-corrected chi connectivity index (χ0v) is 9.31. The summed E-state index contributed by atoms with van der Waals surface area (Å²) in [7, 11) is 0. The van der Waals surface area contributed by atoms with Crippen molar-refractivity contribution in [1.82, 2.24) is 4.57 Å². The SMILES string of the molecule is O=C(O)c1ccc(Br)c(-n2cccc2)c1. The zero-order chi connectivity index (χ0) is 10.8. The van der Waals surface area contributed by atoms with Crippen LogP contribution in [0.15, 0.2) is 47.2 Å². The number of rotatable bonds is 2. The maximum absolute atomic E-state index is 10.8. The Balaban J connectivity index is 2.55. The van der Waals surface area contributed by atoms with Gasteiger partial charge in [-0.3, -0.25) is 0 Å². The Morgan fingerprint density at radius 2 is 1.93 bits per heavy atom. The van der Waals surface area contributed by atoms with E-state index in [4.69, 9.17) is 5.11 Å². The normalized spacial score (nSPS) is 10.2. The van der Waals surface area contributed by atoms with Crippen molar-refractivity contribution >= 4 is 21.9 Å². The van der Waals surface area contributed by atoms with Crippen molar-refractivity contribution in [2.24, 2.45) is 0 Å². The summed E-state index contributed by atoms with van der Waals surface area (Å²) in [5, 5.41) is 8.87. The van der Waals surface area contributed by atoms with Crippen molar-refractivity contribution < 1.29 is 9.90 Å². The molecular formula is C11H8BrNO2. The van der Waals surface area contributed by atoms with E-state index in [1.54, 1.807) is 18.2 Å². The highest BCUT2D eigenvalue weighted by Gasteiger charge is 2.07. The number of nitrogens with zero attached hydrogens (tertiary/aromatic N) is 1. The third-order valence-corrected chi connectivity index (χ3v) is 2.75. The van der Waals surface area contributed by atoms with Gasteiger partial charge in [0.15, 0.2) is 0 Å². The summed E-state index contributed by atoms with van der Waals surface area (Å²) in [6, 6.07) is 8.71. The highest BCUT2D eigenvalue weighted by Crippen LogP contribution is 2.22. The fraction of sp³-hybridized carbons (Fsp3) is 0. The van der Waals surface area contributed by atoms with Gasteiger partial charge in [0.25, 0.3) is 0 Å². The average molecular weight is 266 g/mol. The van der Waals surface area contributed by atoms with Crippen LogP contribution in [0.5, 0.6) is 0 Å². The Bertz CT molecular complexity index is 491. The number of hydrogen-bond acceptors (Lipinski definition) is 1. The van der Waals surface area contributed by atoms with Gasteiger partial charge in [0.1, 0.15) is 0 Å². The minimum atomic E-state index is -0.920. The number of carbonyl (C=O) groups is 1. The molecule has 2 aromatic rings. The van der Waals surface area contributed by atoms with Gasteiger partial charge in [-0.15, -0.1) is 0 Å². The Morgan fingerprint density at radius 3 is 2.53 bits per heavy atom. The summed E-state index contributed by atoms with van der Waals surface area (Å²) in [6.07, 6.45) is 3.73. The molecule has 0 saturated carbocycles. The van der Waals surface area contributed by atoms with Crippen LogP contribution in [0.25, 0.3) is 5.69 Å². The second-order valence-electron chi connectivity index (χ2n) is 3.06. The number of carboxylic acid groups (broad SMARTS) is 1. The van der Waals surface area contributed by atoms with Gasteiger partial charge in [-0.1, -0.05) is 0 Å². The molecule has 0 saturated heterocycles. The molecule has 0 aliphatic heterocycles. The third-order valence-electron chi connectivity index (χ3n) is 2.08. The first-order chi connectivity index (χ1) is 7.18. The second-order valence-corrected chi connectivity index (χ2v) is 3.92. The van der Waals surface area contributed by atoms with E-state index in [1.807, 2.05) is 29.1 Å². The van der Waals surface area contributed by atoms with Crippen molar-refractivity contribution in [1.29, 1.82) is 0 Å². The van der Waals surface area contributed by atoms with Crippen LogP contribution in [0.3, 0.4) is 0 Å². The quantitative estimate of drug-likeness (QED) is 0.908. The van der Waals surface area contributed by atoms with E-state index >= 15 is 0 Å². The lowest BCUT2D eigenvalue weighted by Gasteiger charge is -2.06. The Kier molecular flexibility index (Phi) is 2.60. The molecule has 0 radical (unpaired) electrons. The van der Waals surface area contributed by atoms with Gasteiger partial charge in [0, 0.05) is 16.9 Å². The summed E-state index contributed by atoms with van der Waals surface area (Å²) in [5.74, 6) is -0.920. The Labute approximate surface area is 95.1 Å². The van der Waals surface area contributed by atoms with Gasteiger partial charge in [-0.05, 0) is 46.3 Å². The van der Waals surface area contributed by atoms with E-state index in [0.29, 0.717) is 0 Å². The summed E-state index contributed by atoms with van der Waals surface area (Å²) < 4.78 is 2.72. The standard InChI is InChI=1S/C11H8BrNO2/c12-9-4-3-8(11(14)15)7-10(9)13-5-1-2-6-13/h1-7H,(H,14,15). The second kappa shape index (κ2) is 3.90. The van der Waals surface area contributed by atoms with Gasteiger partial charge in [0.2, 0.25) is 0 Å². The lowest BCUT2D eigenvalue weighted by Crippen LogP contribution is -1.99. The minimum Gasteiger partial charge on any atom is -0.478 e. The molecule has 0 atom stereocenters. The van der Waals surface area contributed by atoms with E-state index in [2.05, 4.69) is 15.9 Å². The molecule has 1 N–H and O–H groups in total. The maximum Gasteiger partial charge on any atom is 0.335 e. The molecule has 1 heterocycles. The number of aromatic nitrogens is 1. The smallest absolute Gasteiger partial charge is 0.335 e. The number of benzene rings is 1. The molecular weight excluding hydrogens is 258 g/mol. The molecule has 0 aliphatic rings. The molecule has 0 unspecified atom stereocenters. The Morgan fingerprint density at radius 1 is 1.27 bits per heavy atom. The molecule has 1 aromatic heterocycles. The molecule has 4 heteroatoms. The van der Waals surface area contributed by atoms with Crippen LogP contribution in [-0.2, 0) is 0 Å². The number of aromatic carboxylic acids is 1. The van der Waals surface area contributed by atoms with Gasteiger partial charge < -0.3 is 9.67 Å². The summed E-state index contributed by atoms with van der Waals surface area (Å²) in [4.78, 5) is 10.8. The zero-order valence-electron chi connectivity index (χ0n) is 7.72.